The Kier molecular flexibility index (Phi) is 3.06. The van der Waals surface area contributed by atoms with Crippen LogP contribution in [-0.2, 0) is 4.74 Å². The Morgan fingerprint density at radius 1 is 1.47 bits per heavy atom. The van der Waals surface area contributed by atoms with Crippen LogP contribution in [0, 0.1) is 10.1 Å². The number of hydrogen-bond donors (Lipinski definition) is 1. The lowest BCUT2D eigenvalue weighted by atomic mass is 10.0. The summed E-state index contributed by atoms with van der Waals surface area (Å²) in [6.45, 7) is 1.60. The molecule has 0 aromatic heterocycles. The van der Waals surface area contributed by atoms with Gasteiger partial charge >= 0.3 is 0 Å². The molecule has 90 valence electrons. The first-order chi connectivity index (χ1) is 8.11. The average molecular weight is 236 g/mol. The molecule has 2 rings (SSSR count). The molecule has 0 unspecified atom stereocenters. The van der Waals surface area contributed by atoms with Gasteiger partial charge in [0.1, 0.15) is 12.1 Å². The van der Waals surface area contributed by atoms with E-state index in [1.807, 2.05) is 0 Å². The number of aliphatic hydroxyl groups is 1. The molecule has 1 aromatic carbocycles. The van der Waals surface area contributed by atoms with E-state index < -0.39 is 4.92 Å². The molecular formula is C11H12N2O4. The number of benzene rings is 1. The molecule has 1 aromatic rings. The van der Waals surface area contributed by atoms with Gasteiger partial charge in [-0.2, -0.15) is 0 Å². The van der Waals surface area contributed by atoms with Crippen LogP contribution in [0.5, 0.6) is 0 Å². The summed E-state index contributed by atoms with van der Waals surface area (Å²) in [7, 11) is 0. The highest BCUT2D eigenvalue weighted by Crippen LogP contribution is 2.29. The number of nitro groups is 1. The standard InChI is InChI=1S/C11H12N2O4/c1-7-12-10(6-14)11(17-7)8-2-4-9(5-3-8)13(15)16/h2-5,10-11,14H,6H2,1H3/t10-,11-/m0/s1. The highest BCUT2D eigenvalue weighted by Gasteiger charge is 2.30. The van der Waals surface area contributed by atoms with Crippen molar-refractivity contribution in [1.82, 2.24) is 0 Å². The first kappa shape index (κ1) is 11.5. The van der Waals surface area contributed by atoms with Crippen molar-refractivity contribution in [3.8, 4) is 0 Å². The van der Waals surface area contributed by atoms with Crippen LogP contribution in [0.1, 0.15) is 18.6 Å². The molecule has 1 heterocycles. The van der Waals surface area contributed by atoms with Crippen LogP contribution in [0.15, 0.2) is 29.3 Å². The molecular weight excluding hydrogens is 224 g/mol. The Bertz CT molecular complexity index is 455. The molecule has 0 radical (unpaired) electrons. The molecule has 0 fully saturated rings. The van der Waals surface area contributed by atoms with E-state index in [4.69, 9.17) is 9.84 Å². The average Bonchev–Trinajstić information content (AvgIpc) is 2.70. The van der Waals surface area contributed by atoms with Gasteiger partial charge in [0.25, 0.3) is 5.69 Å². The summed E-state index contributed by atoms with van der Waals surface area (Å²) in [6, 6.07) is 5.75. The monoisotopic (exact) mass is 236 g/mol. The Morgan fingerprint density at radius 3 is 2.65 bits per heavy atom. The first-order valence-corrected chi connectivity index (χ1v) is 5.18. The van der Waals surface area contributed by atoms with Gasteiger partial charge in [0, 0.05) is 19.1 Å². The third-order valence-electron chi connectivity index (χ3n) is 2.61. The second-order valence-corrected chi connectivity index (χ2v) is 3.79. The molecule has 0 spiro atoms. The fourth-order valence-electron chi connectivity index (χ4n) is 1.81. The van der Waals surface area contributed by atoms with Gasteiger partial charge in [-0.15, -0.1) is 0 Å². The molecule has 0 saturated heterocycles. The van der Waals surface area contributed by atoms with Crippen LogP contribution >= 0.6 is 0 Å². The second-order valence-electron chi connectivity index (χ2n) is 3.79. The van der Waals surface area contributed by atoms with E-state index in [1.165, 1.54) is 12.1 Å². The molecule has 1 aliphatic rings. The lowest BCUT2D eigenvalue weighted by molar-refractivity contribution is -0.384. The number of aliphatic hydroxyl groups excluding tert-OH is 1. The van der Waals surface area contributed by atoms with Crippen LogP contribution in [0.2, 0.25) is 0 Å². The molecule has 2 atom stereocenters. The zero-order valence-corrected chi connectivity index (χ0v) is 9.24. The maximum Gasteiger partial charge on any atom is 0.269 e. The van der Waals surface area contributed by atoms with Crippen LogP contribution in [-0.4, -0.2) is 28.6 Å². The zero-order chi connectivity index (χ0) is 12.4. The number of ether oxygens (including phenoxy) is 1. The minimum atomic E-state index is -0.454. The molecule has 6 heteroatoms. The van der Waals surface area contributed by atoms with Crippen LogP contribution < -0.4 is 0 Å². The van der Waals surface area contributed by atoms with Gasteiger partial charge in [0.15, 0.2) is 5.90 Å². The summed E-state index contributed by atoms with van der Waals surface area (Å²) in [5, 5.41) is 19.7. The largest absolute Gasteiger partial charge is 0.471 e. The smallest absolute Gasteiger partial charge is 0.269 e. The summed E-state index contributed by atoms with van der Waals surface area (Å²) in [4.78, 5) is 14.2. The van der Waals surface area contributed by atoms with Gasteiger partial charge in [-0.1, -0.05) is 0 Å². The van der Waals surface area contributed by atoms with E-state index in [1.54, 1.807) is 19.1 Å². The minimum absolute atomic E-state index is 0.0323. The zero-order valence-electron chi connectivity index (χ0n) is 9.24. The van der Waals surface area contributed by atoms with Crippen LogP contribution in [0.25, 0.3) is 0 Å². The Hall–Kier alpha value is -1.95. The molecule has 1 N–H and O–H groups in total. The maximum absolute atomic E-state index is 10.5. The second kappa shape index (κ2) is 4.50. The van der Waals surface area contributed by atoms with Crippen molar-refractivity contribution in [3.63, 3.8) is 0 Å². The van der Waals surface area contributed by atoms with E-state index in [0.717, 1.165) is 5.56 Å². The predicted molar refractivity (Wildman–Crippen MR) is 60.9 cm³/mol. The van der Waals surface area contributed by atoms with Crippen molar-refractivity contribution in [2.45, 2.75) is 19.1 Å². The summed E-state index contributed by atoms with van der Waals surface area (Å²) < 4.78 is 5.47. The maximum atomic E-state index is 10.5. The van der Waals surface area contributed by atoms with E-state index >= 15 is 0 Å². The molecule has 0 bridgehead atoms. The fraction of sp³-hybridized carbons (Fsp3) is 0.364. The van der Waals surface area contributed by atoms with Crippen LogP contribution in [0.3, 0.4) is 0 Å². The summed E-state index contributed by atoms with van der Waals surface area (Å²) in [5.41, 5.74) is 0.806. The highest BCUT2D eigenvalue weighted by molar-refractivity contribution is 5.75. The van der Waals surface area contributed by atoms with Gasteiger partial charge in [0.2, 0.25) is 0 Å². The lowest BCUT2D eigenvalue weighted by Gasteiger charge is -2.15. The number of aliphatic imine (C=N–C) groups is 1. The van der Waals surface area contributed by atoms with E-state index in [0.29, 0.717) is 5.90 Å². The topological polar surface area (TPSA) is 85.0 Å². The van der Waals surface area contributed by atoms with Gasteiger partial charge in [-0.05, 0) is 17.7 Å². The SMILES string of the molecule is CC1=N[C@@H](CO)[C@H](c2ccc([N+](=O)[O-])cc2)O1. The third-order valence-corrected chi connectivity index (χ3v) is 2.61. The van der Waals surface area contributed by atoms with E-state index in [-0.39, 0.29) is 24.4 Å². The van der Waals surface area contributed by atoms with Crippen LogP contribution in [0.4, 0.5) is 5.69 Å². The van der Waals surface area contributed by atoms with Crippen molar-refractivity contribution >= 4 is 11.6 Å². The van der Waals surface area contributed by atoms with Crippen molar-refractivity contribution in [2.24, 2.45) is 4.99 Å². The molecule has 0 amide bonds. The molecule has 0 saturated carbocycles. The number of non-ortho nitro benzene ring substituents is 1. The van der Waals surface area contributed by atoms with Crippen molar-refractivity contribution < 1.29 is 14.8 Å². The minimum Gasteiger partial charge on any atom is -0.471 e. The summed E-state index contributed by atoms with van der Waals surface area (Å²) in [5.74, 6) is 0.521. The summed E-state index contributed by atoms with van der Waals surface area (Å²) >= 11 is 0. The molecule has 17 heavy (non-hydrogen) atoms. The van der Waals surface area contributed by atoms with Gasteiger partial charge < -0.3 is 9.84 Å². The van der Waals surface area contributed by atoms with Gasteiger partial charge in [-0.25, -0.2) is 4.99 Å². The number of rotatable bonds is 3. The first-order valence-electron chi connectivity index (χ1n) is 5.18. The Balaban J connectivity index is 2.21. The third kappa shape index (κ3) is 2.26. The van der Waals surface area contributed by atoms with Crippen molar-refractivity contribution in [2.75, 3.05) is 6.61 Å². The van der Waals surface area contributed by atoms with Crippen molar-refractivity contribution in [3.05, 3.63) is 39.9 Å². The molecule has 0 aliphatic carbocycles. The van der Waals surface area contributed by atoms with E-state index in [9.17, 15) is 10.1 Å². The Labute approximate surface area is 97.7 Å². The molecule has 1 aliphatic heterocycles. The highest BCUT2D eigenvalue weighted by atomic mass is 16.6. The predicted octanol–water partition coefficient (Wildman–Crippen LogP) is 1.45. The fourth-order valence-corrected chi connectivity index (χ4v) is 1.81. The number of nitro benzene ring substituents is 1. The molecule has 6 nitrogen and oxygen atoms in total. The van der Waals surface area contributed by atoms with E-state index in [2.05, 4.69) is 4.99 Å². The normalized spacial score (nSPS) is 23.1. The van der Waals surface area contributed by atoms with Gasteiger partial charge in [0.05, 0.1) is 11.5 Å². The number of nitrogens with zero attached hydrogens (tertiary/aromatic N) is 2. The quantitative estimate of drug-likeness (QED) is 0.635. The Morgan fingerprint density at radius 2 is 2.12 bits per heavy atom. The number of hydrogen-bond acceptors (Lipinski definition) is 5. The lowest BCUT2D eigenvalue weighted by Crippen LogP contribution is -2.17. The van der Waals surface area contributed by atoms with Gasteiger partial charge in [-0.3, -0.25) is 10.1 Å². The van der Waals surface area contributed by atoms with Crippen molar-refractivity contribution in [1.29, 1.82) is 0 Å². The summed E-state index contributed by atoms with van der Waals surface area (Å²) in [6.07, 6.45) is -0.360.